The first-order chi connectivity index (χ1) is 8.93. The van der Waals surface area contributed by atoms with Crippen LogP contribution in [-0.2, 0) is 23.3 Å². The average Bonchev–Trinajstić information content (AvgIpc) is 2.36. The zero-order valence-corrected chi connectivity index (χ0v) is 13.4. The second kappa shape index (κ2) is 7.61. The largest absolute Gasteiger partial charge is 0.380 e. The maximum Gasteiger partial charge on any atom is 0.276 e. The molecule has 1 saturated heterocycles. The van der Waals surface area contributed by atoms with Crippen molar-refractivity contribution in [2.45, 2.75) is 33.1 Å². The molecule has 0 atom stereocenters. The van der Waals surface area contributed by atoms with Gasteiger partial charge >= 0.3 is 0 Å². The molecule has 7 heteroatoms. The third kappa shape index (κ3) is 5.81. The van der Waals surface area contributed by atoms with Gasteiger partial charge in [0, 0.05) is 17.9 Å². The van der Waals surface area contributed by atoms with E-state index in [1.807, 2.05) is 6.92 Å². The highest BCUT2D eigenvalue weighted by atomic mass is 32.3. The van der Waals surface area contributed by atoms with Crippen molar-refractivity contribution in [1.82, 2.24) is 0 Å². The number of carbonyl (C=O) groups is 1. The van der Waals surface area contributed by atoms with E-state index in [1.165, 1.54) is 0 Å². The van der Waals surface area contributed by atoms with E-state index in [0.29, 0.717) is 37.6 Å². The number of hydrogen-bond acceptors (Lipinski definition) is 5. The van der Waals surface area contributed by atoms with E-state index in [0.717, 1.165) is 6.42 Å². The van der Waals surface area contributed by atoms with Crippen molar-refractivity contribution in [2.24, 2.45) is 0 Å². The molecule has 0 saturated carbocycles. The summed E-state index contributed by atoms with van der Waals surface area (Å²) in [6, 6.07) is 0. The summed E-state index contributed by atoms with van der Waals surface area (Å²) in [7, 11) is -5.39. The highest BCUT2D eigenvalue weighted by Gasteiger charge is 2.34. The summed E-state index contributed by atoms with van der Waals surface area (Å²) < 4.78 is 34.7. The molecular weight excluding hydrogens is 288 g/mol. The van der Waals surface area contributed by atoms with E-state index in [4.69, 9.17) is 8.37 Å². The predicted octanol–water partition coefficient (Wildman–Crippen LogP) is 1.86. The van der Waals surface area contributed by atoms with E-state index >= 15 is 0 Å². The van der Waals surface area contributed by atoms with Crippen LogP contribution in [0.2, 0.25) is 0 Å². The zero-order chi connectivity index (χ0) is 14.4. The van der Waals surface area contributed by atoms with Crippen LogP contribution in [-0.4, -0.2) is 50.4 Å². The fourth-order valence-electron chi connectivity index (χ4n) is 1.83. The first-order valence-electron chi connectivity index (χ1n) is 6.72. The van der Waals surface area contributed by atoms with Crippen LogP contribution in [0.3, 0.4) is 0 Å². The number of carbonyl (C=O) groups excluding carboxylic acids is 1. The standard InChI is InChI=1S/C12H24O5S2/c1-3-5-8-19(14,15)17-18(11-12(13)4-2)9-6-16-7-10-18/h3-11H2,1-2H3. The molecule has 1 rings (SSSR count). The van der Waals surface area contributed by atoms with Gasteiger partial charge in [0.15, 0.2) is 0 Å². The molecule has 114 valence electrons. The second-order valence-corrected chi connectivity index (χ2v) is 9.81. The number of hydrogen-bond donors (Lipinski definition) is 0. The molecule has 0 aromatic carbocycles. The topological polar surface area (TPSA) is 69.7 Å². The molecule has 0 amide bonds. The van der Waals surface area contributed by atoms with E-state index in [1.54, 1.807) is 6.92 Å². The van der Waals surface area contributed by atoms with Gasteiger partial charge in [-0.2, -0.15) is 8.42 Å². The fourth-order valence-corrected chi connectivity index (χ4v) is 7.37. The molecule has 0 aromatic heterocycles. The number of ketones is 1. The average molecular weight is 312 g/mol. The monoisotopic (exact) mass is 312 g/mol. The van der Waals surface area contributed by atoms with Crippen molar-refractivity contribution in [3.05, 3.63) is 0 Å². The Kier molecular flexibility index (Phi) is 6.79. The SMILES string of the molecule is CCCCS(=O)(=O)OS1(CC(=O)CC)CCOCC1. The van der Waals surface area contributed by atoms with E-state index in [2.05, 4.69) is 0 Å². The maximum absolute atomic E-state index is 12.0. The molecule has 0 bridgehead atoms. The summed E-state index contributed by atoms with van der Waals surface area (Å²) >= 11 is 0. The van der Waals surface area contributed by atoms with Crippen LogP contribution >= 0.6 is 10.3 Å². The van der Waals surface area contributed by atoms with Crippen LogP contribution in [0.15, 0.2) is 0 Å². The lowest BCUT2D eigenvalue weighted by Gasteiger charge is -2.40. The van der Waals surface area contributed by atoms with Crippen LogP contribution in [0.1, 0.15) is 33.1 Å². The minimum absolute atomic E-state index is 0.0411. The second-order valence-electron chi connectivity index (χ2n) is 4.71. The van der Waals surface area contributed by atoms with Crippen LogP contribution in [0.25, 0.3) is 0 Å². The van der Waals surface area contributed by atoms with E-state index in [-0.39, 0.29) is 17.3 Å². The van der Waals surface area contributed by atoms with Gasteiger partial charge in [-0.15, -0.1) is 10.3 Å². The zero-order valence-electron chi connectivity index (χ0n) is 11.7. The molecule has 1 heterocycles. The van der Waals surface area contributed by atoms with Gasteiger partial charge in [0.25, 0.3) is 10.1 Å². The number of ether oxygens (including phenoxy) is 1. The highest BCUT2D eigenvalue weighted by molar-refractivity contribution is 8.33. The molecule has 1 aliphatic rings. The van der Waals surface area contributed by atoms with Gasteiger partial charge in [-0.25, -0.2) is 3.63 Å². The van der Waals surface area contributed by atoms with Crippen molar-refractivity contribution in [3.63, 3.8) is 0 Å². The third-order valence-corrected chi connectivity index (χ3v) is 8.46. The number of Topliss-reactive ketones (excluding diaryl/α,β-unsaturated/α-hetero) is 1. The fraction of sp³-hybridized carbons (Fsp3) is 0.917. The Bertz CT molecular complexity index is 385. The summed E-state index contributed by atoms with van der Waals surface area (Å²) in [5.41, 5.74) is 0. The van der Waals surface area contributed by atoms with Crippen LogP contribution in [0.4, 0.5) is 0 Å². The van der Waals surface area contributed by atoms with Gasteiger partial charge in [0.1, 0.15) is 5.78 Å². The summed E-state index contributed by atoms with van der Waals surface area (Å²) in [6.07, 6.45) is 1.83. The summed E-state index contributed by atoms with van der Waals surface area (Å²) in [5.74, 6) is 1.45. The molecule has 0 aromatic rings. The maximum atomic E-state index is 12.0. The summed E-state index contributed by atoms with van der Waals surface area (Å²) in [5, 5.41) is 0. The summed E-state index contributed by atoms with van der Waals surface area (Å²) in [4.78, 5) is 11.7. The Balaban J connectivity index is 2.76. The van der Waals surface area contributed by atoms with Crippen LogP contribution in [0, 0.1) is 0 Å². The van der Waals surface area contributed by atoms with Gasteiger partial charge < -0.3 is 4.74 Å². The van der Waals surface area contributed by atoms with Gasteiger partial charge in [0.2, 0.25) is 0 Å². The highest BCUT2D eigenvalue weighted by Crippen LogP contribution is 2.52. The first kappa shape index (κ1) is 16.9. The van der Waals surface area contributed by atoms with Crippen molar-refractivity contribution in [3.8, 4) is 0 Å². The molecule has 0 radical (unpaired) electrons. The smallest absolute Gasteiger partial charge is 0.276 e. The van der Waals surface area contributed by atoms with E-state index < -0.39 is 20.4 Å². The lowest BCUT2D eigenvalue weighted by atomic mass is 10.4. The Hall–Kier alpha value is -0.110. The van der Waals surface area contributed by atoms with Crippen molar-refractivity contribution < 1.29 is 21.6 Å². The van der Waals surface area contributed by atoms with Crippen LogP contribution < -0.4 is 0 Å². The quantitative estimate of drug-likeness (QED) is 0.684. The molecule has 0 N–H and O–H groups in total. The number of unbranched alkanes of at least 4 members (excludes halogenated alkanes) is 1. The number of rotatable bonds is 8. The Labute approximate surface area is 117 Å². The van der Waals surface area contributed by atoms with Crippen LogP contribution in [0.5, 0.6) is 0 Å². The van der Waals surface area contributed by atoms with E-state index in [9.17, 15) is 13.2 Å². The lowest BCUT2D eigenvalue weighted by molar-refractivity contribution is -0.116. The van der Waals surface area contributed by atoms with Gasteiger partial charge in [-0.1, -0.05) is 20.3 Å². The Morgan fingerprint density at radius 3 is 2.42 bits per heavy atom. The normalized spacial score (nSPS) is 20.9. The first-order valence-corrected chi connectivity index (χ1v) is 10.4. The molecule has 1 aliphatic heterocycles. The Morgan fingerprint density at radius 2 is 1.89 bits per heavy atom. The third-order valence-electron chi connectivity index (χ3n) is 3.01. The molecule has 1 fully saturated rings. The van der Waals surface area contributed by atoms with Gasteiger partial charge in [-0.05, 0) is 6.42 Å². The predicted molar refractivity (Wildman–Crippen MR) is 78.1 cm³/mol. The minimum atomic E-state index is -3.53. The molecule has 5 nitrogen and oxygen atoms in total. The van der Waals surface area contributed by atoms with Crippen molar-refractivity contribution in [1.29, 1.82) is 0 Å². The molecule has 0 unspecified atom stereocenters. The molecular formula is C12H24O5S2. The van der Waals surface area contributed by atoms with Crippen molar-refractivity contribution >= 4 is 26.2 Å². The van der Waals surface area contributed by atoms with Gasteiger partial charge in [-0.3, -0.25) is 4.79 Å². The molecule has 19 heavy (non-hydrogen) atoms. The van der Waals surface area contributed by atoms with Crippen molar-refractivity contribution in [2.75, 3.05) is 36.2 Å². The minimum Gasteiger partial charge on any atom is -0.380 e. The summed E-state index contributed by atoms with van der Waals surface area (Å²) in [6.45, 7) is 4.69. The Morgan fingerprint density at radius 1 is 1.26 bits per heavy atom. The molecule has 0 spiro atoms. The lowest BCUT2D eigenvalue weighted by Crippen LogP contribution is -2.32. The molecule has 0 aliphatic carbocycles. The van der Waals surface area contributed by atoms with Gasteiger partial charge in [0.05, 0.1) is 24.7 Å².